The van der Waals surface area contributed by atoms with Crippen LogP contribution in [0.15, 0.2) is 0 Å². The fourth-order valence-electron chi connectivity index (χ4n) is 5.02. The molecule has 17 heavy (non-hydrogen) atoms. The third kappa shape index (κ3) is 2.27. The Balaban J connectivity index is 1.59. The summed E-state index contributed by atoms with van der Waals surface area (Å²) in [7, 11) is 0. The zero-order chi connectivity index (χ0) is 11.8. The van der Waals surface area contributed by atoms with Crippen molar-refractivity contribution in [3.63, 3.8) is 0 Å². The molecule has 0 saturated heterocycles. The van der Waals surface area contributed by atoms with Crippen LogP contribution in [-0.4, -0.2) is 19.8 Å². The van der Waals surface area contributed by atoms with Gasteiger partial charge in [-0.15, -0.1) is 0 Å². The van der Waals surface area contributed by atoms with Crippen molar-refractivity contribution in [2.75, 3.05) is 19.8 Å². The molecule has 0 spiro atoms. The molecule has 2 bridgehead atoms. The smallest absolute Gasteiger partial charge is 0.109 e. The van der Waals surface area contributed by atoms with E-state index < -0.39 is 0 Å². The maximum atomic E-state index is 5.62. The molecule has 98 valence electrons. The van der Waals surface area contributed by atoms with Gasteiger partial charge in [0.1, 0.15) is 23.0 Å². The molecule has 0 N–H and O–H groups in total. The SMILES string of the molecule is CCOCC1CC2C3CC(COI)C(C3)C2C1. The Morgan fingerprint density at radius 2 is 1.82 bits per heavy atom. The maximum absolute atomic E-state index is 5.62. The normalized spacial score (nSPS) is 47.6. The first kappa shape index (κ1) is 12.7. The van der Waals surface area contributed by atoms with Gasteiger partial charge in [0, 0.05) is 13.2 Å². The van der Waals surface area contributed by atoms with Crippen LogP contribution in [0.2, 0.25) is 0 Å². The second kappa shape index (κ2) is 5.33. The molecule has 3 rings (SSSR count). The van der Waals surface area contributed by atoms with E-state index in [1.54, 1.807) is 0 Å². The summed E-state index contributed by atoms with van der Waals surface area (Å²) in [5.41, 5.74) is 0. The summed E-state index contributed by atoms with van der Waals surface area (Å²) in [6, 6.07) is 0. The molecule has 0 aliphatic heterocycles. The maximum Gasteiger partial charge on any atom is 0.109 e. The van der Waals surface area contributed by atoms with Crippen molar-refractivity contribution in [2.24, 2.45) is 35.5 Å². The molecule has 6 atom stereocenters. The number of fused-ring (bicyclic) bond motifs is 5. The van der Waals surface area contributed by atoms with Crippen LogP contribution >= 0.6 is 23.0 Å². The van der Waals surface area contributed by atoms with E-state index in [4.69, 9.17) is 7.80 Å². The molecule has 3 aliphatic carbocycles. The number of hydrogen-bond acceptors (Lipinski definition) is 2. The van der Waals surface area contributed by atoms with E-state index >= 15 is 0 Å². The fourth-order valence-corrected chi connectivity index (χ4v) is 5.48. The van der Waals surface area contributed by atoms with Gasteiger partial charge >= 0.3 is 0 Å². The van der Waals surface area contributed by atoms with Crippen molar-refractivity contribution >= 4 is 23.0 Å². The molecule has 2 nitrogen and oxygen atoms in total. The molecular formula is C14H23IO2. The van der Waals surface area contributed by atoms with Gasteiger partial charge in [-0.2, -0.15) is 0 Å². The predicted molar refractivity (Wildman–Crippen MR) is 75.9 cm³/mol. The quantitative estimate of drug-likeness (QED) is 0.704. The highest BCUT2D eigenvalue weighted by Gasteiger charge is 2.55. The van der Waals surface area contributed by atoms with Crippen LogP contribution in [0.25, 0.3) is 0 Å². The van der Waals surface area contributed by atoms with E-state index in [0.717, 1.165) is 55.3 Å². The topological polar surface area (TPSA) is 18.5 Å². The lowest BCUT2D eigenvalue weighted by molar-refractivity contribution is 0.107. The van der Waals surface area contributed by atoms with Crippen LogP contribution in [0.1, 0.15) is 32.6 Å². The van der Waals surface area contributed by atoms with E-state index in [1.165, 1.54) is 25.7 Å². The Labute approximate surface area is 119 Å². The molecule has 3 aliphatic rings. The molecule has 6 unspecified atom stereocenters. The van der Waals surface area contributed by atoms with E-state index in [1.807, 2.05) is 0 Å². The van der Waals surface area contributed by atoms with Gasteiger partial charge in [-0.1, -0.05) is 0 Å². The summed E-state index contributed by atoms with van der Waals surface area (Å²) in [4.78, 5) is 0. The minimum atomic E-state index is 0.856. The van der Waals surface area contributed by atoms with Gasteiger partial charge in [0.2, 0.25) is 0 Å². The molecule has 0 aromatic carbocycles. The first-order valence-electron chi connectivity index (χ1n) is 7.14. The van der Waals surface area contributed by atoms with Crippen molar-refractivity contribution in [1.29, 1.82) is 0 Å². The molecule has 0 aromatic heterocycles. The lowest BCUT2D eigenvalue weighted by atomic mass is 9.76. The first-order valence-corrected chi connectivity index (χ1v) is 8.02. The molecule has 3 heteroatoms. The van der Waals surface area contributed by atoms with Gasteiger partial charge in [0.05, 0.1) is 6.61 Å². The molecule has 0 radical (unpaired) electrons. The Kier molecular flexibility index (Phi) is 3.98. The monoisotopic (exact) mass is 350 g/mol. The Morgan fingerprint density at radius 1 is 1.00 bits per heavy atom. The molecule has 0 aromatic rings. The Morgan fingerprint density at radius 3 is 2.59 bits per heavy atom. The number of rotatable bonds is 5. The van der Waals surface area contributed by atoms with Gasteiger partial charge in [0.25, 0.3) is 0 Å². The van der Waals surface area contributed by atoms with Gasteiger partial charge < -0.3 is 7.80 Å². The Hall–Kier alpha value is 0.650. The highest BCUT2D eigenvalue weighted by Crippen LogP contribution is 2.62. The second-order valence-electron chi connectivity index (χ2n) is 6.26. The van der Waals surface area contributed by atoms with Crippen LogP contribution in [0, 0.1) is 35.5 Å². The summed E-state index contributed by atoms with van der Waals surface area (Å²) >= 11 is 2.06. The summed E-state index contributed by atoms with van der Waals surface area (Å²) in [5, 5.41) is 0. The molecule has 3 fully saturated rings. The van der Waals surface area contributed by atoms with Crippen molar-refractivity contribution in [3.05, 3.63) is 0 Å². The average molecular weight is 350 g/mol. The van der Waals surface area contributed by atoms with Gasteiger partial charge in [-0.05, 0) is 68.1 Å². The highest BCUT2D eigenvalue weighted by molar-refractivity contribution is 14.1. The fraction of sp³-hybridized carbons (Fsp3) is 1.00. The van der Waals surface area contributed by atoms with E-state index in [-0.39, 0.29) is 0 Å². The number of halogens is 1. The molecule has 0 heterocycles. The third-order valence-corrected chi connectivity index (χ3v) is 5.90. The van der Waals surface area contributed by atoms with Gasteiger partial charge in [0.15, 0.2) is 0 Å². The average Bonchev–Trinajstić information content (AvgIpc) is 2.96. The summed E-state index contributed by atoms with van der Waals surface area (Å²) in [6.07, 6.45) is 5.82. The van der Waals surface area contributed by atoms with E-state index in [2.05, 4.69) is 29.9 Å². The van der Waals surface area contributed by atoms with Crippen molar-refractivity contribution in [2.45, 2.75) is 32.6 Å². The summed E-state index contributed by atoms with van der Waals surface area (Å²) < 4.78 is 11.0. The second-order valence-corrected chi connectivity index (χ2v) is 6.88. The largest absolute Gasteiger partial charge is 0.381 e. The first-order chi connectivity index (χ1) is 8.33. The van der Waals surface area contributed by atoms with Crippen molar-refractivity contribution in [1.82, 2.24) is 0 Å². The van der Waals surface area contributed by atoms with Crippen molar-refractivity contribution < 1.29 is 7.80 Å². The summed E-state index contributed by atoms with van der Waals surface area (Å²) in [6.45, 7) is 4.98. The standard InChI is InChI=1S/C14H23IO2/c1-2-16-7-9-3-12-10-5-11(8-17-15)13(6-10)14(12)4-9/h9-14H,2-8H2,1H3. The molecule has 0 amide bonds. The molecule has 3 saturated carbocycles. The van der Waals surface area contributed by atoms with Crippen molar-refractivity contribution in [3.8, 4) is 0 Å². The Bertz CT molecular complexity index is 271. The zero-order valence-corrected chi connectivity index (χ0v) is 12.8. The van der Waals surface area contributed by atoms with Crippen LogP contribution < -0.4 is 0 Å². The summed E-state index contributed by atoms with van der Waals surface area (Å²) in [5.74, 6) is 5.77. The lowest BCUT2D eigenvalue weighted by Crippen LogP contribution is -2.26. The van der Waals surface area contributed by atoms with Crippen LogP contribution in [0.4, 0.5) is 0 Å². The zero-order valence-electron chi connectivity index (χ0n) is 10.6. The minimum Gasteiger partial charge on any atom is -0.381 e. The minimum absolute atomic E-state index is 0.856. The van der Waals surface area contributed by atoms with E-state index in [9.17, 15) is 0 Å². The van der Waals surface area contributed by atoms with Crippen LogP contribution in [0.5, 0.6) is 0 Å². The number of ether oxygens (including phenoxy) is 1. The van der Waals surface area contributed by atoms with Gasteiger partial charge in [-0.3, -0.25) is 0 Å². The van der Waals surface area contributed by atoms with Crippen LogP contribution in [-0.2, 0) is 7.80 Å². The lowest BCUT2D eigenvalue weighted by Gasteiger charge is -2.30. The third-order valence-electron chi connectivity index (χ3n) is 5.54. The number of hydrogen-bond donors (Lipinski definition) is 0. The highest BCUT2D eigenvalue weighted by atomic mass is 127. The van der Waals surface area contributed by atoms with E-state index in [0.29, 0.717) is 0 Å². The predicted octanol–water partition coefficient (Wildman–Crippen LogP) is 3.69. The molecular weight excluding hydrogens is 327 g/mol. The van der Waals surface area contributed by atoms with Crippen LogP contribution in [0.3, 0.4) is 0 Å². The van der Waals surface area contributed by atoms with Gasteiger partial charge in [-0.25, -0.2) is 0 Å².